The van der Waals surface area contributed by atoms with E-state index in [1.54, 1.807) is 14.2 Å². The Hall–Kier alpha value is -1.43. The maximum absolute atomic E-state index is 12.8. The molecule has 2 rings (SSSR count). The normalized spacial score (nSPS) is 18.9. The number of carbonyl (C=O) groups excluding carboxylic acids is 1. The number of halogens is 1. The largest absolute Gasteiger partial charge is 0.385 e. The lowest BCUT2D eigenvalue weighted by atomic mass is 10.1. The molecule has 0 spiro atoms. The fourth-order valence-electron chi connectivity index (χ4n) is 3.65. The van der Waals surface area contributed by atoms with Crippen molar-refractivity contribution in [1.29, 1.82) is 0 Å². The van der Waals surface area contributed by atoms with Crippen LogP contribution >= 0.6 is 24.0 Å². The first-order valence-electron chi connectivity index (χ1n) is 11.1. The molecule has 0 aliphatic carbocycles. The van der Waals surface area contributed by atoms with Gasteiger partial charge in [0, 0.05) is 65.6 Å². The number of hydrogen-bond donors (Lipinski definition) is 2. The number of nitrogens with zero attached hydrogens (tertiary/aromatic N) is 3. The maximum Gasteiger partial charge on any atom is 0.254 e. The van der Waals surface area contributed by atoms with Gasteiger partial charge in [-0.15, -0.1) is 24.0 Å². The summed E-state index contributed by atoms with van der Waals surface area (Å²) in [4.78, 5) is 21.2. The molecule has 1 fully saturated rings. The minimum Gasteiger partial charge on any atom is -0.385 e. The molecule has 1 aliphatic rings. The highest BCUT2D eigenvalue weighted by Gasteiger charge is 2.26. The number of likely N-dealkylation sites (N-methyl/N-ethyl adjacent to an activating group) is 1. The molecule has 0 bridgehead atoms. The summed E-state index contributed by atoms with van der Waals surface area (Å²) >= 11 is 0. The zero-order valence-electron chi connectivity index (χ0n) is 20.1. The third kappa shape index (κ3) is 10.0. The summed E-state index contributed by atoms with van der Waals surface area (Å²) in [5.74, 6) is 0.829. The first-order chi connectivity index (χ1) is 14.9. The lowest BCUT2D eigenvalue weighted by Gasteiger charge is -2.35. The van der Waals surface area contributed by atoms with Crippen LogP contribution in [0, 0.1) is 0 Å². The number of guanidine groups is 1. The number of morpholine rings is 1. The van der Waals surface area contributed by atoms with E-state index in [0.29, 0.717) is 25.2 Å². The molecular weight excluding hydrogens is 521 g/mol. The lowest BCUT2D eigenvalue weighted by Crippen LogP contribution is -2.48. The Bertz CT molecular complexity index is 691. The van der Waals surface area contributed by atoms with Crippen LogP contribution < -0.4 is 10.6 Å². The molecule has 182 valence electrons. The number of methoxy groups -OCH3 is 1. The molecule has 8 nitrogen and oxygen atoms in total. The van der Waals surface area contributed by atoms with Crippen molar-refractivity contribution in [1.82, 2.24) is 20.4 Å². The summed E-state index contributed by atoms with van der Waals surface area (Å²) in [6, 6.07) is 7.78. The summed E-state index contributed by atoms with van der Waals surface area (Å²) in [5, 5.41) is 6.66. The zero-order chi connectivity index (χ0) is 22.6. The third-order valence-corrected chi connectivity index (χ3v) is 5.27. The first kappa shape index (κ1) is 28.6. The second-order valence-corrected chi connectivity index (χ2v) is 8.17. The van der Waals surface area contributed by atoms with Crippen molar-refractivity contribution in [2.24, 2.45) is 4.99 Å². The number of ether oxygens (including phenoxy) is 2. The van der Waals surface area contributed by atoms with Gasteiger partial charge in [0.05, 0.1) is 12.2 Å². The number of aliphatic imine (C=N–C) groups is 1. The van der Waals surface area contributed by atoms with Crippen LogP contribution in [-0.2, 0) is 16.0 Å². The summed E-state index contributed by atoms with van der Waals surface area (Å²) in [6.45, 7) is 9.46. The number of amides is 1. The quantitative estimate of drug-likeness (QED) is 0.198. The molecule has 9 heteroatoms. The highest BCUT2D eigenvalue weighted by Crippen LogP contribution is 2.15. The fraction of sp³-hybridized carbons (Fsp3) is 0.652. The van der Waals surface area contributed by atoms with Crippen LogP contribution in [0.2, 0.25) is 0 Å². The second-order valence-electron chi connectivity index (χ2n) is 8.17. The second kappa shape index (κ2) is 15.4. The molecule has 1 amide bonds. The van der Waals surface area contributed by atoms with Crippen molar-refractivity contribution in [3.63, 3.8) is 0 Å². The summed E-state index contributed by atoms with van der Waals surface area (Å²) in [5.41, 5.74) is 1.81. The van der Waals surface area contributed by atoms with Crippen LogP contribution in [0.15, 0.2) is 29.3 Å². The molecule has 1 aromatic rings. The van der Waals surface area contributed by atoms with Gasteiger partial charge in [-0.3, -0.25) is 9.79 Å². The van der Waals surface area contributed by atoms with Crippen LogP contribution in [0.25, 0.3) is 0 Å². The Kier molecular flexibility index (Phi) is 13.8. The van der Waals surface area contributed by atoms with E-state index in [-0.39, 0.29) is 42.1 Å². The van der Waals surface area contributed by atoms with Gasteiger partial charge in [-0.1, -0.05) is 12.1 Å². The van der Waals surface area contributed by atoms with Gasteiger partial charge in [-0.05, 0) is 45.0 Å². The average molecular weight is 562 g/mol. The molecular formula is C23H40IN5O3. The van der Waals surface area contributed by atoms with Gasteiger partial charge in [0.15, 0.2) is 5.96 Å². The Morgan fingerprint density at radius 3 is 2.44 bits per heavy atom. The van der Waals surface area contributed by atoms with Crippen molar-refractivity contribution in [3.05, 3.63) is 35.4 Å². The average Bonchev–Trinajstić information content (AvgIpc) is 2.75. The summed E-state index contributed by atoms with van der Waals surface area (Å²) in [6.07, 6.45) is 1.17. The van der Waals surface area contributed by atoms with E-state index in [0.717, 1.165) is 44.2 Å². The predicted molar refractivity (Wildman–Crippen MR) is 140 cm³/mol. The molecule has 1 saturated heterocycles. The SMILES string of the molecule is CN=C(NCCN(C)CCCOC)NCc1ccc(C(=O)N2CC(C)OC(C)C2)cc1.I. The smallest absolute Gasteiger partial charge is 0.254 e. The highest BCUT2D eigenvalue weighted by atomic mass is 127. The topological polar surface area (TPSA) is 78.4 Å². The van der Waals surface area contributed by atoms with Crippen molar-refractivity contribution >= 4 is 35.8 Å². The first-order valence-corrected chi connectivity index (χ1v) is 11.1. The fourth-order valence-corrected chi connectivity index (χ4v) is 3.65. The zero-order valence-corrected chi connectivity index (χ0v) is 22.4. The van der Waals surface area contributed by atoms with Gasteiger partial charge in [0.25, 0.3) is 5.91 Å². The van der Waals surface area contributed by atoms with Crippen molar-refractivity contribution < 1.29 is 14.3 Å². The number of rotatable bonds is 10. The van der Waals surface area contributed by atoms with Gasteiger partial charge in [-0.2, -0.15) is 0 Å². The van der Waals surface area contributed by atoms with E-state index in [2.05, 4.69) is 27.6 Å². The number of nitrogens with one attached hydrogen (secondary N) is 2. The molecule has 2 N–H and O–H groups in total. The molecule has 1 aliphatic heterocycles. The van der Waals surface area contributed by atoms with Gasteiger partial charge in [0.2, 0.25) is 0 Å². The van der Waals surface area contributed by atoms with Crippen LogP contribution in [-0.4, -0.2) is 94.4 Å². The van der Waals surface area contributed by atoms with Crippen LogP contribution in [0.1, 0.15) is 36.2 Å². The highest BCUT2D eigenvalue weighted by molar-refractivity contribution is 14.0. The molecule has 2 unspecified atom stereocenters. The number of carbonyl (C=O) groups is 1. The number of benzene rings is 1. The third-order valence-electron chi connectivity index (χ3n) is 5.27. The van der Waals surface area contributed by atoms with Gasteiger partial charge < -0.3 is 29.9 Å². The van der Waals surface area contributed by atoms with Gasteiger partial charge in [0.1, 0.15) is 0 Å². The van der Waals surface area contributed by atoms with Crippen LogP contribution in [0.5, 0.6) is 0 Å². The Morgan fingerprint density at radius 2 is 1.84 bits per heavy atom. The molecule has 1 heterocycles. The number of hydrogen-bond acceptors (Lipinski definition) is 5. The molecule has 0 radical (unpaired) electrons. The van der Waals surface area contributed by atoms with Crippen LogP contribution in [0.3, 0.4) is 0 Å². The monoisotopic (exact) mass is 561 g/mol. The summed E-state index contributed by atoms with van der Waals surface area (Å²) < 4.78 is 10.8. The van der Waals surface area contributed by atoms with Gasteiger partial charge in [-0.25, -0.2) is 0 Å². The Morgan fingerprint density at radius 1 is 1.19 bits per heavy atom. The Labute approximate surface area is 210 Å². The van der Waals surface area contributed by atoms with Crippen LogP contribution in [0.4, 0.5) is 0 Å². The summed E-state index contributed by atoms with van der Waals surface area (Å²) in [7, 11) is 5.60. The lowest BCUT2D eigenvalue weighted by molar-refractivity contribution is -0.0586. The maximum atomic E-state index is 12.8. The standard InChI is InChI=1S/C23H39N5O3.HI/c1-18-16-28(17-19(2)31-18)22(29)21-9-7-20(8-10-21)15-26-23(24-3)25-11-13-27(4)12-6-14-30-5;/h7-10,18-19H,6,11-17H2,1-5H3,(H2,24,25,26);1H. The van der Waals surface area contributed by atoms with Crippen molar-refractivity contribution in [2.75, 3.05) is 60.5 Å². The predicted octanol–water partition coefficient (Wildman–Crippen LogP) is 2.19. The van der Waals surface area contributed by atoms with E-state index < -0.39 is 0 Å². The van der Waals surface area contributed by atoms with E-state index in [9.17, 15) is 4.79 Å². The minimum atomic E-state index is 0. The van der Waals surface area contributed by atoms with E-state index >= 15 is 0 Å². The van der Waals surface area contributed by atoms with Crippen molar-refractivity contribution in [2.45, 2.75) is 39.0 Å². The van der Waals surface area contributed by atoms with Crippen molar-refractivity contribution in [3.8, 4) is 0 Å². The van der Waals surface area contributed by atoms with E-state index in [4.69, 9.17) is 9.47 Å². The van der Waals surface area contributed by atoms with E-state index in [1.165, 1.54) is 0 Å². The minimum absolute atomic E-state index is 0. The molecule has 32 heavy (non-hydrogen) atoms. The Balaban J connectivity index is 0.00000512. The molecule has 1 aromatic carbocycles. The van der Waals surface area contributed by atoms with E-state index in [1.807, 2.05) is 43.0 Å². The molecule has 0 aromatic heterocycles. The van der Waals surface area contributed by atoms with Gasteiger partial charge >= 0.3 is 0 Å². The molecule has 2 atom stereocenters. The molecule has 0 saturated carbocycles.